The van der Waals surface area contributed by atoms with E-state index in [-0.39, 0.29) is 24.5 Å². The molecule has 1 amide bonds. The Morgan fingerprint density at radius 1 is 1.10 bits per heavy atom. The number of benzene rings is 1. The second-order valence-electron chi connectivity index (χ2n) is 9.60. The monoisotopic (exact) mass is 565 g/mol. The van der Waals surface area contributed by atoms with E-state index in [2.05, 4.69) is 20.2 Å². The van der Waals surface area contributed by atoms with Crippen LogP contribution in [0, 0.1) is 5.82 Å². The fraction of sp³-hybridized carbons (Fsp3) is 0.259. The van der Waals surface area contributed by atoms with Gasteiger partial charge < -0.3 is 14.4 Å². The summed E-state index contributed by atoms with van der Waals surface area (Å²) >= 11 is 0. The first kappa shape index (κ1) is 26.2. The maximum absolute atomic E-state index is 15.5. The molecule has 5 heterocycles. The normalized spacial score (nSPS) is 15.6. The predicted octanol–water partition coefficient (Wildman–Crippen LogP) is 4.75. The van der Waals surface area contributed by atoms with Crippen LogP contribution in [0.25, 0.3) is 33.6 Å². The molecule has 11 nitrogen and oxygen atoms in total. The Morgan fingerprint density at radius 3 is 2.59 bits per heavy atom. The van der Waals surface area contributed by atoms with Crippen molar-refractivity contribution in [1.29, 1.82) is 0 Å². The van der Waals surface area contributed by atoms with Crippen molar-refractivity contribution in [3.8, 4) is 22.6 Å². The number of hydrogen-bond donors (Lipinski definition) is 1. The number of imidazole rings is 1. The number of carbonyl (C=O) groups is 1. The topological polar surface area (TPSA) is 132 Å². The minimum Gasteiger partial charge on any atom is -0.465 e. The van der Waals surface area contributed by atoms with Gasteiger partial charge in [0.1, 0.15) is 5.82 Å². The molecule has 14 heteroatoms. The fourth-order valence-corrected chi connectivity index (χ4v) is 5.14. The first-order valence-corrected chi connectivity index (χ1v) is 12.7. The molecule has 0 bridgehead atoms. The second-order valence-corrected chi connectivity index (χ2v) is 9.60. The molecule has 1 fully saturated rings. The molecule has 1 N–H and O–H groups in total. The zero-order valence-corrected chi connectivity index (χ0v) is 21.3. The van der Waals surface area contributed by atoms with E-state index in [0.29, 0.717) is 47.2 Å². The summed E-state index contributed by atoms with van der Waals surface area (Å²) in [6.07, 6.45) is 1.61. The summed E-state index contributed by atoms with van der Waals surface area (Å²) in [5, 5.41) is 16.5. The van der Waals surface area contributed by atoms with Crippen LogP contribution in [-0.2, 0) is 6.54 Å². The third-order valence-electron chi connectivity index (χ3n) is 7.09. The van der Waals surface area contributed by atoms with E-state index < -0.39 is 36.0 Å². The number of rotatable bonds is 6. The number of fused-ring (bicyclic) bond motifs is 1. The lowest BCUT2D eigenvalue weighted by Gasteiger charge is -2.31. The van der Waals surface area contributed by atoms with Crippen LogP contribution in [-0.4, -0.2) is 58.5 Å². The van der Waals surface area contributed by atoms with E-state index in [1.54, 1.807) is 42.7 Å². The van der Waals surface area contributed by atoms with E-state index in [4.69, 9.17) is 4.42 Å². The zero-order chi connectivity index (χ0) is 28.7. The highest BCUT2D eigenvalue weighted by Gasteiger charge is 2.29. The van der Waals surface area contributed by atoms with E-state index >= 15 is 4.39 Å². The van der Waals surface area contributed by atoms with Crippen molar-refractivity contribution in [2.45, 2.75) is 31.9 Å². The van der Waals surface area contributed by atoms with E-state index in [9.17, 15) is 23.5 Å². The lowest BCUT2D eigenvalue weighted by atomic mass is 10.0. The molecule has 0 aliphatic carbocycles. The number of halogens is 3. The number of amides is 1. The van der Waals surface area contributed by atoms with E-state index in [1.165, 1.54) is 26.3 Å². The van der Waals surface area contributed by atoms with Gasteiger partial charge in [0.2, 0.25) is 5.89 Å². The molecule has 6 rings (SSSR count). The Labute approximate surface area is 229 Å². The lowest BCUT2D eigenvalue weighted by molar-refractivity contribution is 0.116. The van der Waals surface area contributed by atoms with Gasteiger partial charge in [0.25, 0.3) is 5.89 Å². The Bertz CT molecular complexity index is 1780. The average molecular weight is 566 g/mol. The van der Waals surface area contributed by atoms with Crippen LogP contribution in [0.2, 0.25) is 0 Å². The molecule has 1 aromatic carbocycles. The third kappa shape index (κ3) is 4.92. The summed E-state index contributed by atoms with van der Waals surface area (Å²) in [5.74, 6) is -1.47. The molecule has 0 unspecified atom stereocenters. The smallest absolute Gasteiger partial charge is 0.407 e. The van der Waals surface area contributed by atoms with Gasteiger partial charge in [-0.3, -0.25) is 19.1 Å². The molecular formula is C27H22F3N7O4. The largest absolute Gasteiger partial charge is 0.465 e. The Morgan fingerprint density at radius 2 is 1.90 bits per heavy atom. The van der Waals surface area contributed by atoms with Crippen LogP contribution in [0.3, 0.4) is 0 Å². The van der Waals surface area contributed by atoms with Gasteiger partial charge in [-0.2, -0.15) is 8.78 Å². The molecule has 1 aliphatic rings. The minimum absolute atomic E-state index is 0.0296. The van der Waals surface area contributed by atoms with Crippen molar-refractivity contribution in [2.75, 3.05) is 13.1 Å². The highest BCUT2D eigenvalue weighted by Crippen LogP contribution is 2.31. The van der Waals surface area contributed by atoms with Gasteiger partial charge in [-0.05, 0) is 48.7 Å². The molecule has 1 aliphatic heterocycles. The number of carboxylic acid groups (broad SMARTS) is 1. The second kappa shape index (κ2) is 10.5. The Hall–Kier alpha value is -5.01. The van der Waals surface area contributed by atoms with Crippen molar-refractivity contribution in [3.05, 3.63) is 82.9 Å². The summed E-state index contributed by atoms with van der Waals surface area (Å²) in [6.45, 7) is 0.456. The fourth-order valence-electron chi connectivity index (χ4n) is 5.14. The van der Waals surface area contributed by atoms with Crippen molar-refractivity contribution < 1.29 is 27.5 Å². The van der Waals surface area contributed by atoms with Crippen LogP contribution in [0.1, 0.15) is 36.9 Å². The van der Waals surface area contributed by atoms with Crippen LogP contribution in [0.4, 0.5) is 18.0 Å². The summed E-state index contributed by atoms with van der Waals surface area (Å²) in [6, 6.07) is 8.88. The van der Waals surface area contributed by atoms with E-state index in [0.717, 1.165) is 0 Å². The molecule has 1 saturated heterocycles. The van der Waals surface area contributed by atoms with Gasteiger partial charge in [0, 0.05) is 43.3 Å². The average Bonchev–Trinajstić information content (AvgIpc) is 3.57. The molecule has 0 spiro atoms. The lowest BCUT2D eigenvalue weighted by Crippen LogP contribution is -2.42. The van der Waals surface area contributed by atoms with Crippen LogP contribution >= 0.6 is 0 Å². The predicted molar refractivity (Wildman–Crippen MR) is 139 cm³/mol. The zero-order valence-electron chi connectivity index (χ0n) is 21.3. The number of nitrogens with zero attached hydrogens (tertiary/aromatic N) is 7. The summed E-state index contributed by atoms with van der Waals surface area (Å²) in [5.41, 5.74) is 1.94. The van der Waals surface area contributed by atoms with E-state index in [1.807, 2.05) is 0 Å². The molecular weight excluding hydrogens is 543 g/mol. The van der Waals surface area contributed by atoms with Gasteiger partial charge >= 0.3 is 18.2 Å². The highest BCUT2D eigenvalue weighted by atomic mass is 19.3. The van der Waals surface area contributed by atoms with Crippen LogP contribution in [0.5, 0.6) is 0 Å². The van der Waals surface area contributed by atoms with Crippen LogP contribution in [0.15, 0.2) is 64.2 Å². The number of pyridine rings is 2. The van der Waals surface area contributed by atoms with Gasteiger partial charge in [-0.25, -0.2) is 14.0 Å². The van der Waals surface area contributed by atoms with Crippen molar-refractivity contribution in [1.82, 2.24) is 34.2 Å². The summed E-state index contributed by atoms with van der Waals surface area (Å²) in [7, 11) is 0. The quantitative estimate of drug-likeness (QED) is 0.312. The number of hydrogen-bond acceptors (Lipinski definition) is 7. The van der Waals surface area contributed by atoms with Gasteiger partial charge in [-0.1, -0.05) is 0 Å². The first-order chi connectivity index (χ1) is 19.8. The summed E-state index contributed by atoms with van der Waals surface area (Å²) < 4.78 is 48.9. The molecule has 4 aromatic heterocycles. The van der Waals surface area contributed by atoms with Gasteiger partial charge in [-0.15, -0.1) is 10.2 Å². The minimum atomic E-state index is -2.90. The standard InChI is InChI=1S/C27H22F3N7O4/c28-20-11-21-22(10-19(20)15-5-7-31-8-6-15)37(18-2-1-9-35(14-18)27(39)40)26(38)36(21)13-17-4-3-16(12-32-17)24-33-34-25(41-24)23(29)30/h3-8,10-12,18,23H,1-2,9,13-14H2,(H,39,40)/t18-/m0/s1. The maximum atomic E-state index is 15.5. The highest BCUT2D eigenvalue weighted by molar-refractivity contribution is 5.83. The van der Waals surface area contributed by atoms with Crippen molar-refractivity contribution in [3.63, 3.8) is 0 Å². The molecule has 5 aromatic rings. The number of aromatic nitrogens is 6. The summed E-state index contributed by atoms with van der Waals surface area (Å²) in [4.78, 5) is 35.1. The van der Waals surface area contributed by atoms with Gasteiger partial charge in [0.15, 0.2) is 0 Å². The SMILES string of the molecule is O=C(O)N1CCC[C@H](n2c(=O)n(Cc3ccc(-c4nnc(C(F)F)o4)cn3)c3cc(F)c(-c4ccncc4)cc32)C1. The number of likely N-dealkylation sites (tertiary alicyclic amines) is 1. The van der Waals surface area contributed by atoms with Gasteiger partial charge in [0.05, 0.1) is 34.9 Å². The molecule has 41 heavy (non-hydrogen) atoms. The number of alkyl halides is 2. The molecule has 0 radical (unpaired) electrons. The van der Waals surface area contributed by atoms with Crippen molar-refractivity contribution in [2.24, 2.45) is 0 Å². The number of piperidine rings is 1. The first-order valence-electron chi connectivity index (χ1n) is 12.7. The Kier molecular flexibility index (Phi) is 6.73. The molecule has 210 valence electrons. The molecule has 0 saturated carbocycles. The third-order valence-corrected chi connectivity index (χ3v) is 7.09. The van der Waals surface area contributed by atoms with Crippen LogP contribution < -0.4 is 5.69 Å². The van der Waals surface area contributed by atoms with Crippen molar-refractivity contribution >= 4 is 17.1 Å². The Balaban J connectivity index is 1.42. The maximum Gasteiger partial charge on any atom is 0.407 e. The molecule has 1 atom stereocenters.